The fourth-order valence-electron chi connectivity index (χ4n) is 4.43. The van der Waals surface area contributed by atoms with Crippen LogP contribution in [0.5, 0.6) is 5.75 Å². The topological polar surface area (TPSA) is 82.1 Å². The van der Waals surface area contributed by atoms with Gasteiger partial charge in [-0.2, -0.15) is 0 Å². The number of benzene rings is 2. The minimum Gasteiger partial charge on any atom is -0.488 e. The maximum atomic E-state index is 13.5. The van der Waals surface area contributed by atoms with Crippen molar-refractivity contribution in [2.45, 2.75) is 45.4 Å². The summed E-state index contributed by atoms with van der Waals surface area (Å²) in [5.41, 5.74) is 1.99. The van der Waals surface area contributed by atoms with Gasteiger partial charge in [-0.1, -0.05) is 36.2 Å². The molecule has 2 amide bonds. The van der Waals surface area contributed by atoms with Crippen LogP contribution in [0.1, 0.15) is 42.6 Å². The highest BCUT2D eigenvalue weighted by Gasteiger charge is 2.34. The average molecular weight is 534 g/mol. The number of carbonyl (C=O) groups excluding carboxylic acids is 2. The molecule has 7 nitrogen and oxygen atoms in total. The Bertz CT molecular complexity index is 1120. The van der Waals surface area contributed by atoms with Gasteiger partial charge in [-0.3, -0.25) is 14.5 Å². The number of halogens is 2. The number of likely N-dealkylation sites (N-methyl/N-ethyl adjacent to an activating group) is 1. The van der Waals surface area contributed by atoms with Gasteiger partial charge in [0.15, 0.2) is 0 Å². The van der Waals surface area contributed by atoms with Gasteiger partial charge in [0.1, 0.15) is 11.9 Å². The summed E-state index contributed by atoms with van der Waals surface area (Å²) in [5.74, 6) is 0.288. The third-order valence-corrected chi connectivity index (χ3v) is 7.55. The fourth-order valence-corrected chi connectivity index (χ4v) is 4.75. The zero-order valence-electron chi connectivity index (χ0n) is 20.8. The van der Waals surface area contributed by atoms with Crippen molar-refractivity contribution < 1.29 is 19.4 Å². The second-order valence-corrected chi connectivity index (χ2v) is 10.9. The van der Waals surface area contributed by atoms with Crippen molar-refractivity contribution in [1.29, 1.82) is 0 Å². The van der Waals surface area contributed by atoms with Crippen LogP contribution >= 0.6 is 23.2 Å². The van der Waals surface area contributed by atoms with E-state index in [9.17, 15) is 14.7 Å². The average Bonchev–Trinajstić information content (AvgIpc) is 3.69. The highest BCUT2D eigenvalue weighted by molar-refractivity contribution is 6.42. The van der Waals surface area contributed by atoms with Gasteiger partial charge < -0.3 is 20.1 Å². The molecule has 0 aromatic heterocycles. The van der Waals surface area contributed by atoms with Crippen LogP contribution < -0.4 is 10.1 Å². The Morgan fingerprint density at radius 2 is 1.97 bits per heavy atom. The number of carbonyl (C=O) groups is 2. The molecule has 0 unspecified atom stereocenters. The molecular weight excluding hydrogens is 501 g/mol. The number of ether oxygens (including phenoxy) is 1. The Morgan fingerprint density at radius 1 is 1.22 bits per heavy atom. The van der Waals surface area contributed by atoms with Gasteiger partial charge >= 0.3 is 0 Å². The van der Waals surface area contributed by atoms with Gasteiger partial charge in [0, 0.05) is 37.2 Å². The number of nitrogens with zero attached hydrogens (tertiary/aromatic N) is 2. The normalized spacial score (nSPS) is 20.9. The Balaban J connectivity index is 1.57. The van der Waals surface area contributed by atoms with Gasteiger partial charge in [-0.25, -0.2) is 0 Å². The molecule has 1 aliphatic heterocycles. The van der Waals surface area contributed by atoms with E-state index in [1.807, 2.05) is 26.1 Å². The largest absolute Gasteiger partial charge is 0.488 e. The first kappa shape index (κ1) is 26.7. The lowest BCUT2D eigenvalue weighted by Gasteiger charge is -2.38. The van der Waals surface area contributed by atoms with E-state index in [2.05, 4.69) is 17.1 Å². The van der Waals surface area contributed by atoms with Gasteiger partial charge in [0.05, 0.1) is 28.3 Å². The van der Waals surface area contributed by atoms with Crippen LogP contribution in [-0.2, 0) is 11.3 Å². The number of amides is 2. The number of fused-ring (bicyclic) bond motifs is 1. The zero-order valence-corrected chi connectivity index (χ0v) is 22.4. The molecular formula is C27H33Cl2N3O4. The minimum atomic E-state index is -0.356. The first-order valence-corrected chi connectivity index (χ1v) is 13.1. The summed E-state index contributed by atoms with van der Waals surface area (Å²) in [7, 11) is 2.01. The Labute approximate surface area is 222 Å². The number of aliphatic hydroxyl groups is 1. The van der Waals surface area contributed by atoms with E-state index in [4.69, 9.17) is 27.9 Å². The Hall–Kier alpha value is -2.32. The third-order valence-electron chi connectivity index (χ3n) is 6.81. The molecule has 36 heavy (non-hydrogen) atoms. The van der Waals surface area contributed by atoms with Crippen molar-refractivity contribution in [3.05, 3.63) is 57.6 Å². The summed E-state index contributed by atoms with van der Waals surface area (Å²) >= 11 is 12.2. The number of aliphatic hydroxyl groups excluding tert-OH is 1. The molecule has 1 fully saturated rings. The molecule has 9 heteroatoms. The van der Waals surface area contributed by atoms with E-state index in [1.54, 1.807) is 29.2 Å². The third kappa shape index (κ3) is 6.32. The van der Waals surface area contributed by atoms with E-state index in [1.165, 1.54) is 0 Å². The van der Waals surface area contributed by atoms with Crippen molar-refractivity contribution in [2.75, 3.05) is 32.1 Å². The lowest BCUT2D eigenvalue weighted by molar-refractivity contribution is -0.117. The van der Waals surface area contributed by atoms with Crippen LogP contribution in [0.15, 0.2) is 36.4 Å². The number of anilines is 1. The van der Waals surface area contributed by atoms with Crippen LogP contribution in [0.25, 0.3) is 0 Å². The fraction of sp³-hybridized carbons (Fsp3) is 0.481. The summed E-state index contributed by atoms with van der Waals surface area (Å²) in [6, 6.07) is 10.4. The second kappa shape index (κ2) is 11.4. The molecule has 3 atom stereocenters. The quantitative estimate of drug-likeness (QED) is 0.514. The summed E-state index contributed by atoms with van der Waals surface area (Å²) in [6.45, 7) is 5.43. The molecule has 0 bridgehead atoms. The molecule has 4 rings (SSSR count). The predicted molar refractivity (Wildman–Crippen MR) is 142 cm³/mol. The number of rotatable bonds is 8. The van der Waals surface area contributed by atoms with E-state index >= 15 is 0 Å². The molecule has 194 valence electrons. The lowest BCUT2D eigenvalue weighted by Crippen LogP contribution is -2.49. The van der Waals surface area contributed by atoms with Crippen LogP contribution in [0.4, 0.5) is 5.69 Å². The number of nitrogens with one attached hydrogen (secondary N) is 1. The molecule has 1 heterocycles. The van der Waals surface area contributed by atoms with Gasteiger partial charge in [-0.05, 0) is 62.7 Å². The SMILES string of the molecule is C[C@@H]1CN([C@@H](C)CO)C(=O)c2cc(NC(=O)C3CC3)ccc2O[C@@H]1CN(C)Cc1ccc(Cl)c(Cl)c1. The van der Waals surface area contributed by atoms with Crippen molar-refractivity contribution in [2.24, 2.45) is 11.8 Å². The molecule has 2 N–H and O–H groups in total. The molecule has 1 saturated carbocycles. The zero-order chi connectivity index (χ0) is 26.0. The summed E-state index contributed by atoms with van der Waals surface area (Å²) < 4.78 is 6.44. The van der Waals surface area contributed by atoms with E-state index < -0.39 is 0 Å². The molecule has 0 saturated heterocycles. The first-order valence-electron chi connectivity index (χ1n) is 12.3. The van der Waals surface area contributed by atoms with Crippen molar-refractivity contribution in [1.82, 2.24) is 9.80 Å². The Kier molecular flexibility index (Phi) is 8.45. The minimum absolute atomic E-state index is 0.00148. The van der Waals surface area contributed by atoms with Crippen LogP contribution in [0.3, 0.4) is 0 Å². The van der Waals surface area contributed by atoms with E-state index in [-0.39, 0.29) is 42.4 Å². The summed E-state index contributed by atoms with van der Waals surface area (Å²) in [5, 5.41) is 13.8. The Morgan fingerprint density at radius 3 is 2.64 bits per heavy atom. The van der Waals surface area contributed by atoms with E-state index in [0.29, 0.717) is 46.7 Å². The summed E-state index contributed by atoms with van der Waals surface area (Å²) in [4.78, 5) is 29.7. The summed E-state index contributed by atoms with van der Waals surface area (Å²) in [6.07, 6.45) is 1.58. The lowest BCUT2D eigenvalue weighted by atomic mass is 9.99. The maximum Gasteiger partial charge on any atom is 0.258 e. The maximum absolute atomic E-state index is 13.5. The predicted octanol–water partition coefficient (Wildman–Crippen LogP) is 4.69. The molecule has 0 spiro atoms. The van der Waals surface area contributed by atoms with Crippen molar-refractivity contribution in [3.8, 4) is 5.75 Å². The van der Waals surface area contributed by atoms with E-state index in [0.717, 1.165) is 18.4 Å². The highest BCUT2D eigenvalue weighted by Crippen LogP contribution is 2.33. The monoisotopic (exact) mass is 533 g/mol. The van der Waals surface area contributed by atoms with Crippen LogP contribution in [0, 0.1) is 11.8 Å². The van der Waals surface area contributed by atoms with Crippen molar-refractivity contribution >= 4 is 40.7 Å². The molecule has 0 radical (unpaired) electrons. The van der Waals surface area contributed by atoms with Gasteiger partial charge in [-0.15, -0.1) is 0 Å². The number of hydrogen-bond donors (Lipinski definition) is 2. The van der Waals surface area contributed by atoms with Gasteiger partial charge in [0.25, 0.3) is 5.91 Å². The van der Waals surface area contributed by atoms with Crippen LogP contribution in [0.2, 0.25) is 10.0 Å². The first-order chi connectivity index (χ1) is 17.2. The smallest absolute Gasteiger partial charge is 0.258 e. The van der Waals surface area contributed by atoms with Crippen molar-refractivity contribution in [3.63, 3.8) is 0 Å². The molecule has 2 aromatic carbocycles. The van der Waals surface area contributed by atoms with Crippen LogP contribution in [-0.4, -0.2) is 65.6 Å². The standard InChI is InChI=1S/C27H33Cl2N3O4/c1-16-12-32(17(2)15-33)27(35)21-11-20(30-26(34)19-5-6-19)7-9-24(21)36-25(16)14-31(3)13-18-4-8-22(28)23(29)10-18/h4,7-11,16-17,19,25,33H,5-6,12-15H2,1-3H3,(H,30,34)/t16-,17+,25-/m1/s1. The highest BCUT2D eigenvalue weighted by atomic mass is 35.5. The van der Waals surface area contributed by atoms with Gasteiger partial charge in [0.2, 0.25) is 5.91 Å². The number of hydrogen-bond acceptors (Lipinski definition) is 5. The molecule has 2 aliphatic rings. The second-order valence-electron chi connectivity index (χ2n) is 10.0. The molecule has 2 aromatic rings. The molecule has 1 aliphatic carbocycles.